The Kier molecular flexibility index (Phi) is 2.20. The maximum atomic E-state index is 11.0. The molecule has 1 amide bonds. The first-order chi connectivity index (χ1) is 6.27. The molecule has 0 spiro atoms. The lowest BCUT2D eigenvalue weighted by Gasteiger charge is -2.21. The molecular formula is C9H15N3O. The van der Waals surface area contributed by atoms with Gasteiger partial charge in [0.15, 0.2) is 0 Å². The molecule has 1 aliphatic carbocycles. The summed E-state index contributed by atoms with van der Waals surface area (Å²) in [5, 5.41) is 10.7. The Bertz CT molecular complexity index is 235. The van der Waals surface area contributed by atoms with Crippen LogP contribution in [0.4, 0.5) is 0 Å². The minimum Gasteiger partial charge on any atom is -0.358 e. The van der Waals surface area contributed by atoms with E-state index in [0.717, 1.165) is 31.8 Å². The van der Waals surface area contributed by atoms with Crippen LogP contribution in [0.25, 0.3) is 0 Å². The molecule has 0 aromatic heterocycles. The zero-order valence-electron chi connectivity index (χ0n) is 7.68. The highest BCUT2D eigenvalue weighted by molar-refractivity contribution is 5.85. The van der Waals surface area contributed by atoms with Crippen LogP contribution in [-0.4, -0.2) is 36.3 Å². The predicted octanol–water partition coefficient (Wildman–Crippen LogP) is 0.196. The monoisotopic (exact) mass is 181 g/mol. The molecule has 0 radical (unpaired) electrons. The summed E-state index contributed by atoms with van der Waals surface area (Å²) < 4.78 is 0. The number of nitrogens with one attached hydrogen (secondary N) is 2. The molecule has 0 bridgehead atoms. The molecule has 72 valence electrons. The fourth-order valence-electron chi connectivity index (χ4n) is 1.62. The lowest BCUT2D eigenvalue weighted by molar-refractivity contribution is -0.120. The van der Waals surface area contributed by atoms with Crippen molar-refractivity contribution in [1.29, 1.82) is 5.41 Å². The third-order valence-electron chi connectivity index (χ3n) is 2.62. The lowest BCUT2D eigenvalue weighted by Crippen LogP contribution is -2.34. The van der Waals surface area contributed by atoms with Crippen LogP contribution in [0, 0.1) is 11.3 Å². The van der Waals surface area contributed by atoms with Crippen molar-refractivity contribution in [2.45, 2.75) is 19.3 Å². The second-order valence-corrected chi connectivity index (χ2v) is 3.75. The van der Waals surface area contributed by atoms with Gasteiger partial charge in [-0.2, -0.15) is 0 Å². The Hall–Kier alpha value is -1.06. The predicted molar refractivity (Wildman–Crippen MR) is 49.7 cm³/mol. The van der Waals surface area contributed by atoms with Crippen LogP contribution in [0.5, 0.6) is 0 Å². The number of nitrogens with zero attached hydrogens (tertiary/aromatic N) is 1. The van der Waals surface area contributed by atoms with E-state index in [9.17, 15) is 4.79 Å². The Morgan fingerprint density at radius 3 is 2.92 bits per heavy atom. The van der Waals surface area contributed by atoms with E-state index in [1.807, 2.05) is 4.90 Å². The molecule has 2 aliphatic rings. The minimum absolute atomic E-state index is 0.117. The molecule has 2 N–H and O–H groups in total. The summed E-state index contributed by atoms with van der Waals surface area (Å²) in [6, 6.07) is 0. The van der Waals surface area contributed by atoms with Crippen LogP contribution < -0.4 is 5.32 Å². The molecule has 1 saturated heterocycles. The summed E-state index contributed by atoms with van der Waals surface area (Å²) >= 11 is 0. The van der Waals surface area contributed by atoms with Crippen LogP contribution in [0.2, 0.25) is 0 Å². The summed E-state index contributed by atoms with van der Waals surface area (Å²) in [5.41, 5.74) is 0. The van der Waals surface area contributed by atoms with Gasteiger partial charge in [-0.15, -0.1) is 0 Å². The van der Waals surface area contributed by atoms with E-state index in [1.54, 1.807) is 0 Å². The fourth-order valence-corrected chi connectivity index (χ4v) is 1.62. The van der Waals surface area contributed by atoms with Gasteiger partial charge in [-0.05, 0) is 12.8 Å². The Labute approximate surface area is 77.8 Å². The summed E-state index contributed by atoms with van der Waals surface area (Å²) in [6.45, 7) is 2.22. The molecule has 1 heterocycles. The van der Waals surface area contributed by atoms with Crippen LogP contribution in [0.3, 0.4) is 0 Å². The summed E-state index contributed by atoms with van der Waals surface area (Å²) in [5.74, 6) is 1.36. The molecule has 13 heavy (non-hydrogen) atoms. The lowest BCUT2D eigenvalue weighted by atomic mass is 10.3. The number of amidine groups is 1. The molecule has 4 nitrogen and oxygen atoms in total. The number of amides is 1. The Morgan fingerprint density at radius 2 is 2.23 bits per heavy atom. The van der Waals surface area contributed by atoms with E-state index in [4.69, 9.17) is 5.41 Å². The van der Waals surface area contributed by atoms with Crippen molar-refractivity contribution in [2.24, 2.45) is 5.92 Å². The zero-order chi connectivity index (χ0) is 9.26. The highest BCUT2D eigenvalue weighted by Crippen LogP contribution is 2.31. The second-order valence-electron chi connectivity index (χ2n) is 3.75. The summed E-state index contributed by atoms with van der Waals surface area (Å²) in [6.07, 6.45) is 2.86. The van der Waals surface area contributed by atoms with Crippen molar-refractivity contribution in [2.75, 3.05) is 19.6 Å². The maximum absolute atomic E-state index is 11.0. The topological polar surface area (TPSA) is 56.2 Å². The molecule has 0 aromatic carbocycles. The Morgan fingerprint density at radius 1 is 1.46 bits per heavy atom. The molecular weight excluding hydrogens is 166 g/mol. The SMILES string of the molecule is N=C(C1CC1)N1CCNC(=O)CC1. The van der Waals surface area contributed by atoms with Crippen molar-refractivity contribution in [1.82, 2.24) is 10.2 Å². The first-order valence-electron chi connectivity index (χ1n) is 4.87. The van der Waals surface area contributed by atoms with Crippen LogP contribution in [0.15, 0.2) is 0 Å². The van der Waals surface area contributed by atoms with Gasteiger partial charge in [0.1, 0.15) is 0 Å². The molecule has 0 unspecified atom stereocenters. The summed E-state index contributed by atoms with van der Waals surface area (Å²) in [4.78, 5) is 13.1. The molecule has 1 aliphatic heterocycles. The van der Waals surface area contributed by atoms with E-state index in [1.165, 1.54) is 0 Å². The van der Waals surface area contributed by atoms with Gasteiger partial charge >= 0.3 is 0 Å². The molecule has 0 aromatic rings. The van der Waals surface area contributed by atoms with Crippen molar-refractivity contribution in [3.8, 4) is 0 Å². The smallest absolute Gasteiger partial charge is 0.221 e. The van der Waals surface area contributed by atoms with E-state index < -0.39 is 0 Å². The van der Waals surface area contributed by atoms with E-state index in [-0.39, 0.29) is 5.91 Å². The molecule has 0 atom stereocenters. The van der Waals surface area contributed by atoms with Crippen molar-refractivity contribution >= 4 is 11.7 Å². The number of carbonyl (C=O) groups excluding carboxylic acids is 1. The number of rotatable bonds is 1. The number of carbonyl (C=O) groups is 1. The van der Waals surface area contributed by atoms with Crippen LogP contribution >= 0.6 is 0 Å². The van der Waals surface area contributed by atoms with E-state index in [2.05, 4.69) is 5.32 Å². The quantitative estimate of drug-likeness (QED) is 0.448. The standard InChI is InChI=1S/C9H15N3O/c10-9(7-1-2-7)12-5-3-8(13)11-4-6-12/h7,10H,1-6H2,(H,11,13). The average molecular weight is 181 g/mol. The van der Waals surface area contributed by atoms with Gasteiger partial charge in [0, 0.05) is 32.0 Å². The van der Waals surface area contributed by atoms with Gasteiger partial charge in [-0.3, -0.25) is 10.2 Å². The van der Waals surface area contributed by atoms with E-state index in [0.29, 0.717) is 18.9 Å². The molecule has 2 rings (SSSR count). The fraction of sp³-hybridized carbons (Fsp3) is 0.778. The molecule has 1 saturated carbocycles. The van der Waals surface area contributed by atoms with Gasteiger partial charge in [0.25, 0.3) is 0 Å². The first kappa shape index (κ1) is 8.53. The number of hydrogen-bond acceptors (Lipinski definition) is 2. The average Bonchev–Trinajstić information content (AvgIpc) is 2.89. The van der Waals surface area contributed by atoms with Crippen LogP contribution in [-0.2, 0) is 4.79 Å². The second kappa shape index (κ2) is 3.36. The summed E-state index contributed by atoms with van der Waals surface area (Å²) in [7, 11) is 0. The Balaban J connectivity index is 1.90. The van der Waals surface area contributed by atoms with Gasteiger partial charge in [-0.1, -0.05) is 0 Å². The van der Waals surface area contributed by atoms with Gasteiger partial charge in [-0.25, -0.2) is 0 Å². The molecule has 4 heteroatoms. The normalized spacial score (nSPS) is 23.7. The van der Waals surface area contributed by atoms with Gasteiger partial charge < -0.3 is 10.2 Å². The van der Waals surface area contributed by atoms with Gasteiger partial charge in [0.05, 0.1) is 5.84 Å². The maximum Gasteiger partial charge on any atom is 0.221 e. The van der Waals surface area contributed by atoms with Crippen molar-refractivity contribution in [3.05, 3.63) is 0 Å². The zero-order valence-corrected chi connectivity index (χ0v) is 7.68. The highest BCUT2D eigenvalue weighted by atomic mass is 16.1. The number of hydrogen-bond donors (Lipinski definition) is 2. The van der Waals surface area contributed by atoms with E-state index >= 15 is 0 Å². The largest absolute Gasteiger partial charge is 0.358 e. The first-order valence-corrected chi connectivity index (χ1v) is 4.87. The van der Waals surface area contributed by atoms with Gasteiger partial charge in [0.2, 0.25) is 5.91 Å². The highest BCUT2D eigenvalue weighted by Gasteiger charge is 2.30. The van der Waals surface area contributed by atoms with Crippen molar-refractivity contribution < 1.29 is 4.79 Å². The molecule has 2 fully saturated rings. The third-order valence-corrected chi connectivity index (χ3v) is 2.62. The third kappa shape index (κ3) is 1.99. The van der Waals surface area contributed by atoms with Crippen molar-refractivity contribution in [3.63, 3.8) is 0 Å². The van der Waals surface area contributed by atoms with Crippen LogP contribution in [0.1, 0.15) is 19.3 Å². The minimum atomic E-state index is 0.117.